The Bertz CT molecular complexity index is 590. The van der Waals surface area contributed by atoms with Crippen molar-refractivity contribution in [3.63, 3.8) is 0 Å². The molecule has 0 atom stereocenters. The minimum atomic E-state index is 0.0836. The smallest absolute Gasteiger partial charge is 0.230 e. The fourth-order valence-electron chi connectivity index (χ4n) is 1.82. The molecule has 1 aliphatic carbocycles. The summed E-state index contributed by atoms with van der Waals surface area (Å²) in [5.74, 6) is 1.42. The van der Waals surface area contributed by atoms with E-state index in [1.54, 1.807) is 11.3 Å². The van der Waals surface area contributed by atoms with E-state index in [0.717, 1.165) is 30.2 Å². The van der Waals surface area contributed by atoms with Gasteiger partial charge in [0, 0.05) is 24.4 Å². The van der Waals surface area contributed by atoms with E-state index in [4.69, 9.17) is 0 Å². The highest BCUT2D eigenvalue weighted by Gasteiger charge is 2.23. The number of amides is 1. The van der Waals surface area contributed by atoms with Crippen molar-refractivity contribution in [3.8, 4) is 0 Å². The third-order valence-corrected chi connectivity index (χ3v) is 5.01. The van der Waals surface area contributed by atoms with Crippen LogP contribution < -0.4 is 5.32 Å². The molecule has 2 aromatic rings. The van der Waals surface area contributed by atoms with Gasteiger partial charge in [0.05, 0.1) is 5.75 Å². The van der Waals surface area contributed by atoms with Crippen LogP contribution >= 0.6 is 23.1 Å². The first kappa shape index (κ1) is 13.6. The van der Waals surface area contributed by atoms with E-state index in [1.165, 1.54) is 16.6 Å². The van der Waals surface area contributed by atoms with Crippen LogP contribution in [0.2, 0.25) is 0 Å². The molecule has 1 amide bonds. The number of carbonyl (C=O) groups excluding carboxylic acids is 1. The molecule has 0 unspecified atom stereocenters. The Kier molecular flexibility index (Phi) is 4.07. The van der Waals surface area contributed by atoms with Crippen LogP contribution in [0, 0.1) is 0 Å². The highest BCUT2D eigenvalue weighted by molar-refractivity contribution is 7.99. The molecular weight excluding hydrogens is 292 g/mol. The van der Waals surface area contributed by atoms with E-state index in [0.29, 0.717) is 11.8 Å². The van der Waals surface area contributed by atoms with Crippen molar-refractivity contribution in [3.05, 3.63) is 28.2 Å². The maximum atomic E-state index is 11.7. The molecule has 7 heteroatoms. The Morgan fingerprint density at radius 3 is 3.10 bits per heavy atom. The lowest BCUT2D eigenvalue weighted by atomic mass is 10.3. The van der Waals surface area contributed by atoms with Crippen LogP contribution in [0.3, 0.4) is 0 Å². The van der Waals surface area contributed by atoms with Gasteiger partial charge in [0.15, 0.2) is 5.16 Å². The van der Waals surface area contributed by atoms with Crippen molar-refractivity contribution in [2.75, 3.05) is 5.75 Å². The van der Waals surface area contributed by atoms with Gasteiger partial charge in [0.1, 0.15) is 5.82 Å². The largest absolute Gasteiger partial charge is 0.353 e. The molecule has 1 N–H and O–H groups in total. The summed E-state index contributed by atoms with van der Waals surface area (Å²) in [6.07, 6.45) is 3.02. The predicted octanol–water partition coefficient (Wildman–Crippen LogP) is 1.84. The summed E-state index contributed by atoms with van der Waals surface area (Å²) >= 11 is 3.15. The lowest BCUT2D eigenvalue weighted by Crippen LogP contribution is -2.27. The number of rotatable bonds is 6. The number of hydrogen-bond donors (Lipinski definition) is 1. The molecule has 2 heterocycles. The van der Waals surface area contributed by atoms with Crippen LogP contribution in [0.25, 0.3) is 0 Å². The monoisotopic (exact) mass is 308 g/mol. The summed E-state index contributed by atoms with van der Waals surface area (Å²) < 4.78 is 1.97. The SMILES string of the molecule is Cn1c(Cc2cccs2)nnc1SCC(=O)NC1CC1. The molecule has 5 nitrogen and oxygen atoms in total. The number of aromatic nitrogens is 3. The van der Waals surface area contributed by atoms with Crippen LogP contribution in [0.1, 0.15) is 23.5 Å². The van der Waals surface area contributed by atoms with Gasteiger partial charge in [-0.1, -0.05) is 17.8 Å². The zero-order valence-electron chi connectivity index (χ0n) is 11.2. The normalized spacial score (nSPS) is 14.4. The van der Waals surface area contributed by atoms with E-state index in [1.807, 2.05) is 17.7 Å². The minimum Gasteiger partial charge on any atom is -0.353 e. The van der Waals surface area contributed by atoms with Crippen LogP contribution in [0.5, 0.6) is 0 Å². The minimum absolute atomic E-state index is 0.0836. The van der Waals surface area contributed by atoms with E-state index in [2.05, 4.69) is 27.0 Å². The second kappa shape index (κ2) is 5.97. The van der Waals surface area contributed by atoms with Gasteiger partial charge in [-0.05, 0) is 24.3 Å². The summed E-state index contributed by atoms with van der Waals surface area (Å²) in [6, 6.07) is 4.54. The molecule has 1 fully saturated rings. The summed E-state index contributed by atoms with van der Waals surface area (Å²) in [7, 11) is 1.95. The van der Waals surface area contributed by atoms with Gasteiger partial charge in [-0.3, -0.25) is 4.79 Å². The zero-order chi connectivity index (χ0) is 13.9. The van der Waals surface area contributed by atoms with Gasteiger partial charge in [-0.2, -0.15) is 0 Å². The molecule has 20 heavy (non-hydrogen) atoms. The second-order valence-corrected chi connectivity index (χ2v) is 6.82. The molecule has 0 saturated heterocycles. The fraction of sp³-hybridized carbons (Fsp3) is 0.462. The van der Waals surface area contributed by atoms with Crippen LogP contribution in [0.15, 0.2) is 22.7 Å². The molecule has 0 aromatic carbocycles. The molecule has 3 rings (SSSR count). The number of carbonyl (C=O) groups is 1. The number of thioether (sulfide) groups is 1. The zero-order valence-corrected chi connectivity index (χ0v) is 12.8. The van der Waals surface area contributed by atoms with Gasteiger partial charge < -0.3 is 9.88 Å². The Balaban J connectivity index is 1.56. The predicted molar refractivity (Wildman–Crippen MR) is 80.0 cm³/mol. The average Bonchev–Trinajstić information content (AvgIpc) is 2.97. The molecule has 106 valence electrons. The average molecular weight is 308 g/mol. The highest BCUT2D eigenvalue weighted by atomic mass is 32.2. The molecule has 0 bridgehead atoms. The first-order valence-corrected chi connectivity index (χ1v) is 8.41. The molecule has 0 radical (unpaired) electrons. The van der Waals surface area contributed by atoms with Crippen LogP contribution in [-0.4, -0.2) is 32.5 Å². The molecule has 1 aliphatic rings. The summed E-state index contributed by atoms with van der Waals surface area (Å²) in [6.45, 7) is 0. The summed E-state index contributed by atoms with van der Waals surface area (Å²) in [4.78, 5) is 12.9. The van der Waals surface area contributed by atoms with E-state index >= 15 is 0 Å². The van der Waals surface area contributed by atoms with Crippen molar-refractivity contribution < 1.29 is 4.79 Å². The van der Waals surface area contributed by atoms with Gasteiger partial charge in [-0.15, -0.1) is 21.5 Å². The van der Waals surface area contributed by atoms with Gasteiger partial charge in [0.2, 0.25) is 5.91 Å². The number of nitrogens with one attached hydrogen (secondary N) is 1. The Labute approximate surface area is 125 Å². The van der Waals surface area contributed by atoms with Crippen molar-refractivity contribution in [2.24, 2.45) is 7.05 Å². The molecular formula is C13H16N4OS2. The van der Waals surface area contributed by atoms with E-state index in [-0.39, 0.29) is 5.91 Å². The lowest BCUT2D eigenvalue weighted by molar-refractivity contribution is -0.118. The van der Waals surface area contributed by atoms with Gasteiger partial charge >= 0.3 is 0 Å². The highest BCUT2D eigenvalue weighted by Crippen LogP contribution is 2.21. The topological polar surface area (TPSA) is 59.8 Å². The standard InChI is InChI=1S/C13H16N4OS2/c1-17-11(7-10-3-2-6-19-10)15-16-13(17)20-8-12(18)14-9-4-5-9/h2-3,6,9H,4-5,7-8H2,1H3,(H,14,18). The molecule has 0 spiro atoms. The van der Waals surface area contributed by atoms with Crippen LogP contribution in [0.4, 0.5) is 0 Å². The van der Waals surface area contributed by atoms with Crippen molar-refractivity contribution in [1.82, 2.24) is 20.1 Å². The van der Waals surface area contributed by atoms with Crippen molar-refractivity contribution in [1.29, 1.82) is 0 Å². The first-order valence-electron chi connectivity index (χ1n) is 6.55. The van der Waals surface area contributed by atoms with Gasteiger partial charge in [0.25, 0.3) is 0 Å². The fourth-order valence-corrected chi connectivity index (χ4v) is 3.26. The van der Waals surface area contributed by atoms with E-state index < -0.39 is 0 Å². The quantitative estimate of drug-likeness (QED) is 0.827. The number of nitrogens with zero attached hydrogens (tertiary/aromatic N) is 3. The maximum absolute atomic E-state index is 11.7. The van der Waals surface area contributed by atoms with E-state index in [9.17, 15) is 4.79 Å². The first-order chi connectivity index (χ1) is 9.72. The third kappa shape index (κ3) is 3.40. The Morgan fingerprint density at radius 2 is 2.40 bits per heavy atom. The Morgan fingerprint density at radius 1 is 1.55 bits per heavy atom. The van der Waals surface area contributed by atoms with Crippen molar-refractivity contribution >= 4 is 29.0 Å². The van der Waals surface area contributed by atoms with Gasteiger partial charge in [-0.25, -0.2) is 0 Å². The Hall–Kier alpha value is -1.34. The second-order valence-electron chi connectivity index (χ2n) is 4.84. The summed E-state index contributed by atoms with van der Waals surface area (Å²) in [5, 5.41) is 14.2. The number of hydrogen-bond acceptors (Lipinski definition) is 5. The third-order valence-electron chi connectivity index (χ3n) is 3.11. The lowest BCUT2D eigenvalue weighted by Gasteiger charge is -2.04. The molecule has 1 saturated carbocycles. The molecule has 0 aliphatic heterocycles. The summed E-state index contributed by atoms with van der Waals surface area (Å²) in [5.41, 5.74) is 0. The molecule has 2 aromatic heterocycles. The maximum Gasteiger partial charge on any atom is 0.230 e. The number of thiophene rings is 1. The van der Waals surface area contributed by atoms with Crippen molar-refractivity contribution in [2.45, 2.75) is 30.5 Å². The van der Waals surface area contributed by atoms with Crippen LogP contribution in [-0.2, 0) is 18.3 Å².